The molecule has 4 rings (SSSR count). The Labute approximate surface area is 198 Å². The molecule has 1 amide bonds. The van der Waals surface area contributed by atoms with Gasteiger partial charge in [-0.15, -0.1) is 0 Å². The number of para-hydroxylation sites is 1. The summed E-state index contributed by atoms with van der Waals surface area (Å²) in [6.07, 6.45) is 3.12. The molecule has 0 spiro atoms. The van der Waals surface area contributed by atoms with Gasteiger partial charge in [0.25, 0.3) is 11.5 Å². The van der Waals surface area contributed by atoms with E-state index in [1.54, 1.807) is 29.9 Å². The largest absolute Gasteiger partial charge is 0.497 e. The number of rotatable bonds is 7. The summed E-state index contributed by atoms with van der Waals surface area (Å²) in [5, 5.41) is 0.503. The first-order valence-corrected chi connectivity index (χ1v) is 11.0. The number of aromatic nitrogens is 2. The van der Waals surface area contributed by atoms with Crippen molar-refractivity contribution in [3.05, 3.63) is 105 Å². The molecule has 8 heteroatoms. The predicted molar refractivity (Wildman–Crippen MR) is 132 cm³/mol. The first-order chi connectivity index (χ1) is 16.0. The van der Waals surface area contributed by atoms with Crippen LogP contribution in [0.5, 0.6) is 5.75 Å². The molecule has 0 aliphatic heterocycles. The van der Waals surface area contributed by atoms with Crippen LogP contribution in [-0.4, -0.2) is 22.6 Å². The van der Waals surface area contributed by atoms with Crippen molar-refractivity contribution in [2.45, 2.75) is 6.54 Å². The normalized spacial score (nSPS) is 11.1. The quantitative estimate of drug-likeness (QED) is 0.293. The summed E-state index contributed by atoms with van der Waals surface area (Å²) < 4.78 is 7.47. The Morgan fingerprint density at radius 3 is 2.58 bits per heavy atom. The lowest BCUT2D eigenvalue weighted by Gasteiger charge is -2.14. The summed E-state index contributed by atoms with van der Waals surface area (Å²) in [7, 11) is 1.60. The van der Waals surface area contributed by atoms with E-state index in [4.69, 9.17) is 4.74 Å². The Hall–Kier alpha value is -3.75. The molecule has 166 valence electrons. The van der Waals surface area contributed by atoms with Crippen LogP contribution in [0.4, 0.5) is 0 Å². The molecule has 0 fully saturated rings. The summed E-state index contributed by atoms with van der Waals surface area (Å²) in [5.41, 5.74) is 7.44. The first-order valence-electron chi connectivity index (χ1n) is 10.2. The third kappa shape index (κ3) is 5.36. The number of benzene rings is 3. The van der Waals surface area contributed by atoms with E-state index in [2.05, 4.69) is 31.8 Å². The number of hydrogen-bond donors (Lipinski definition) is 2. The highest BCUT2D eigenvalue weighted by Crippen LogP contribution is 2.18. The number of nitrogens with one attached hydrogen (secondary N) is 2. The number of hydrogen-bond acceptors (Lipinski definition) is 5. The van der Waals surface area contributed by atoms with Crippen LogP contribution in [0, 0.1) is 0 Å². The highest BCUT2D eigenvalue weighted by Gasteiger charge is 2.13. The number of ether oxygens (including phenoxy) is 1. The van der Waals surface area contributed by atoms with Crippen LogP contribution in [0.15, 0.2) is 88.1 Å². The van der Waals surface area contributed by atoms with E-state index in [0.717, 1.165) is 15.8 Å². The Bertz CT molecular complexity index is 1370. The molecular weight excluding hydrogens is 484 g/mol. The van der Waals surface area contributed by atoms with E-state index in [1.807, 2.05) is 60.7 Å². The van der Waals surface area contributed by atoms with Crippen molar-refractivity contribution in [2.75, 3.05) is 7.11 Å². The lowest BCUT2D eigenvalue weighted by atomic mass is 10.2. The Morgan fingerprint density at radius 1 is 1.09 bits per heavy atom. The van der Waals surface area contributed by atoms with Crippen molar-refractivity contribution in [1.29, 1.82) is 0 Å². The number of hydrazine groups is 1. The fraction of sp³-hybridized carbons (Fsp3) is 0.0800. The summed E-state index contributed by atoms with van der Waals surface area (Å²) in [5.74, 6) is 0.891. The minimum Gasteiger partial charge on any atom is -0.497 e. The van der Waals surface area contributed by atoms with Gasteiger partial charge in [0.05, 0.1) is 30.2 Å². The third-order valence-corrected chi connectivity index (χ3v) is 5.41. The van der Waals surface area contributed by atoms with Crippen molar-refractivity contribution in [1.82, 2.24) is 20.4 Å². The number of nitrogens with zero attached hydrogens (tertiary/aromatic N) is 2. The fourth-order valence-electron chi connectivity index (χ4n) is 3.30. The van der Waals surface area contributed by atoms with Gasteiger partial charge in [-0.2, -0.15) is 0 Å². The molecule has 0 bridgehead atoms. The molecule has 33 heavy (non-hydrogen) atoms. The first kappa shape index (κ1) is 22.4. The van der Waals surface area contributed by atoms with E-state index < -0.39 is 0 Å². The van der Waals surface area contributed by atoms with Gasteiger partial charge in [-0.1, -0.05) is 46.3 Å². The van der Waals surface area contributed by atoms with Gasteiger partial charge in [0.15, 0.2) is 0 Å². The van der Waals surface area contributed by atoms with Crippen molar-refractivity contribution < 1.29 is 9.53 Å². The van der Waals surface area contributed by atoms with Gasteiger partial charge < -0.3 is 4.74 Å². The maximum atomic E-state index is 13.3. The molecule has 0 saturated heterocycles. The Morgan fingerprint density at radius 2 is 1.85 bits per heavy atom. The Kier molecular flexibility index (Phi) is 6.97. The second-order valence-electron chi connectivity index (χ2n) is 7.11. The molecule has 4 aromatic rings. The zero-order chi connectivity index (χ0) is 23.2. The second-order valence-corrected chi connectivity index (χ2v) is 8.03. The van der Waals surface area contributed by atoms with Crippen LogP contribution in [0.1, 0.15) is 11.4 Å². The minimum absolute atomic E-state index is 0.151. The summed E-state index contributed by atoms with van der Waals surface area (Å²) in [6, 6.07) is 22.0. The number of halogens is 1. The maximum Gasteiger partial charge on any atom is 0.266 e. The lowest BCUT2D eigenvalue weighted by molar-refractivity contribution is -0.117. The monoisotopic (exact) mass is 504 g/mol. The zero-order valence-electron chi connectivity index (χ0n) is 17.8. The van der Waals surface area contributed by atoms with Gasteiger partial charge in [0.1, 0.15) is 11.6 Å². The second kappa shape index (κ2) is 10.2. The highest BCUT2D eigenvalue weighted by molar-refractivity contribution is 9.10. The van der Waals surface area contributed by atoms with E-state index in [-0.39, 0.29) is 18.0 Å². The summed E-state index contributed by atoms with van der Waals surface area (Å²) in [6.45, 7) is 0.151. The van der Waals surface area contributed by atoms with Crippen LogP contribution in [0.25, 0.3) is 22.7 Å². The van der Waals surface area contributed by atoms with Gasteiger partial charge in [0, 0.05) is 10.5 Å². The maximum absolute atomic E-state index is 13.3. The lowest BCUT2D eigenvalue weighted by Crippen LogP contribution is -2.38. The van der Waals surface area contributed by atoms with E-state index in [9.17, 15) is 9.59 Å². The van der Waals surface area contributed by atoms with Gasteiger partial charge in [0.2, 0.25) is 0 Å². The molecular formula is C25H21BrN4O3. The van der Waals surface area contributed by atoms with Crippen LogP contribution in [-0.2, 0) is 11.3 Å². The summed E-state index contributed by atoms with van der Waals surface area (Å²) in [4.78, 5) is 30.2. The summed E-state index contributed by atoms with van der Waals surface area (Å²) >= 11 is 3.41. The smallest absolute Gasteiger partial charge is 0.266 e. The predicted octanol–water partition coefficient (Wildman–Crippen LogP) is 3.99. The van der Waals surface area contributed by atoms with Crippen LogP contribution in [0.3, 0.4) is 0 Å². The van der Waals surface area contributed by atoms with Crippen molar-refractivity contribution in [3.63, 3.8) is 0 Å². The molecule has 0 radical (unpaired) electrons. The average molecular weight is 505 g/mol. The molecule has 1 heterocycles. The average Bonchev–Trinajstić information content (AvgIpc) is 2.84. The van der Waals surface area contributed by atoms with Crippen LogP contribution < -0.4 is 21.1 Å². The SMILES string of the molecule is COc1ccc(/C=C/C(=O)NNCc2nc3ccc(Br)cc3c(=O)n2-c2ccccc2)cc1. The van der Waals surface area contributed by atoms with Crippen LogP contribution in [0.2, 0.25) is 0 Å². The fourth-order valence-corrected chi connectivity index (χ4v) is 3.67. The molecule has 0 atom stereocenters. The van der Waals surface area contributed by atoms with Gasteiger partial charge in [-0.05, 0) is 54.1 Å². The number of carbonyl (C=O) groups is 1. The van der Waals surface area contributed by atoms with Gasteiger partial charge in [-0.3, -0.25) is 19.6 Å². The number of fused-ring (bicyclic) bond motifs is 1. The van der Waals surface area contributed by atoms with Crippen molar-refractivity contribution >= 4 is 38.8 Å². The molecule has 7 nitrogen and oxygen atoms in total. The molecule has 0 unspecified atom stereocenters. The molecule has 3 aromatic carbocycles. The molecule has 1 aromatic heterocycles. The molecule has 0 aliphatic carbocycles. The van der Waals surface area contributed by atoms with Crippen molar-refractivity contribution in [3.8, 4) is 11.4 Å². The third-order valence-electron chi connectivity index (χ3n) is 4.92. The topological polar surface area (TPSA) is 85.2 Å². The van der Waals surface area contributed by atoms with E-state index in [1.165, 1.54) is 6.08 Å². The van der Waals surface area contributed by atoms with E-state index in [0.29, 0.717) is 22.4 Å². The van der Waals surface area contributed by atoms with Crippen molar-refractivity contribution in [2.24, 2.45) is 0 Å². The van der Waals surface area contributed by atoms with Gasteiger partial charge in [-0.25, -0.2) is 10.4 Å². The minimum atomic E-state index is -0.329. The van der Waals surface area contributed by atoms with Crippen LogP contribution >= 0.6 is 15.9 Å². The molecule has 0 aliphatic rings. The standard InChI is InChI=1S/C25H21BrN4O3/c1-33-20-11-7-17(8-12-20)9-14-24(31)29-27-16-23-28-22-13-10-18(26)15-21(22)25(32)30(23)19-5-3-2-4-6-19/h2-15,27H,16H2,1H3,(H,29,31)/b14-9+. The number of amides is 1. The highest BCUT2D eigenvalue weighted by atomic mass is 79.9. The van der Waals surface area contributed by atoms with E-state index >= 15 is 0 Å². The Balaban J connectivity index is 1.53. The molecule has 0 saturated carbocycles. The van der Waals surface area contributed by atoms with Gasteiger partial charge >= 0.3 is 0 Å². The molecule has 2 N–H and O–H groups in total. The zero-order valence-corrected chi connectivity index (χ0v) is 19.4. The number of carbonyl (C=O) groups excluding carboxylic acids is 1. The number of methoxy groups -OCH3 is 1.